The number of hydrogen-bond acceptors (Lipinski definition) is 1. The van der Waals surface area contributed by atoms with Crippen molar-refractivity contribution in [2.24, 2.45) is 5.92 Å². The van der Waals surface area contributed by atoms with Crippen LogP contribution in [-0.2, 0) is 0 Å². The maximum atomic E-state index is 3.82. The Morgan fingerprint density at radius 2 is 1.47 bits per heavy atom. The van der Waals surface area contributed by atoms with Gasteiger partial charge in [-0.15, -0.1) is 0 Å². The summed E-state index contributed by atoms with van der Waals surface area (Å²) in [5.41, 5.74) is 7.49. The molecule has 4 aromatic rings. The Bertz CT molecular complexity index is 1400. The van der Waals surface area contributed by atoms with Gasteiger partial charge in [0.15, 0.2) is 0 Å². The number of fused-ring (bicyclic) bond motifs is 4. The highest BCUT2D eigenvalue weighted by Crippen LogP contribution is 2.41. The molecule has 0 N–H and O–H groups in total. The number of aromatic nitrogens is 1. The number of rotatable bonds is 4. The topological polar surface area (TPSA) is 8.17 Å². The fraction of sp³-hybridized carbons (Fsp3) is 0.0667. The Labute approximate surface area is 188 Å². The summed E-state index contributed by atoms with van der Waals surface area (Å²) >= 11 is 0. The molecule has 154 valence electrons. The lowest BCUT2D eigenvalue weighted by Gasteiger charge is -2.24. The number of anilines is 1. The maximum Gasteiger partial charge on any atom is 0.0541 e. The van der Waals surface area contributed by atoms with Crippen LogP contribution < -0.4 is 4.90 Å². The average Bonchev–Trinajstić information content (AvgIpc) is 3.39. The number of hydrogen-bond donors (Lipinski definition) is 0. The van der Waals surface area contributed by atoms with Crippen LogP contribution in [0.4, 0.5) is 5.69 Å². The van der Waals surface area contributed by atoms with Crippen molar-refractivity contribution < 1.29 is 0 Å². The number of nitrogens with zero attached hydrogens (tertiary/aromatic N) is 2. The van der Waals surface area contributed by atoms with E-state index in [1.54, 1.807) is 0 Å². The van der Waals surface area contributed by atoms with Gasteiger partial charge in [0.05, 0.1) is 11.0 Å². The lowest BCUT2D eigenvalue weighted by Crippen LogP contribution is -2.16. The first-order valence-corrected chi connectivity index (χ1v) is 11.1. The van der Waals surface area contributed by atoms with E-state index < -0.39 is 0 Å². The Kier molecular flexibility index (Phi) is 4.43. The van der Waals surface area contributed by atoms with Crippen LogP contribution in [0.1, 0.15) is 6.42 Å². The fourth-order valence-corrected chi connectivity index (χ4v) is 5.01. The molecule has 0 saturated heterocycles. The van der Waals surface area contributed by atoms with Crippen LogP contribution in [0.2, 0.25) is 0 Å². The van der Waals surface area contributed by atoms with E-state index in [9.17, 15) is 0 Å². The van der Waals surface area contributed by atoms with E-state index in [0.29, 0.717) is 5.92 Å². The van der Waals surface area contributed by atoms with Gasteiger partial charge in [0.2, 0.25) is 0 Å². The molecule has 0 saturated carbocycles. The van der Waals surface area contributed by atoms with Gasteiger partial charge in [-0.25, -0.2) is 0 Å². The number of benzene rings is 3. The van der Waals surface area contributed by atoms with E-state index in [-0.39, 0.29) is 0 Å². The molecule has 2 aliphatic rings. The van der Waals surface area contributed by atoms with Crippen LogP contribution in [0.15, 0.2) is 133 Å². The first-order chi connectivity index (χ1) is 15.8. The minimum Gasteiger partial charge on any atom is -0.320 e. The maximum absolute atomic E-state index is 3.82. The monoisotopic (exact) mass is 412 g/mol. The summed E-state index contributed by atoms with van der Waals surface area (Å²) in [7, 11) is 0. The van der Waals surface area contributed by atoms with E-state index in [1.807, 2.05) is 12.2 Å². The third-order valence-electron chi connectivity index (χ3n) is 6.48. The Morgan fingerprint density at radius 3 is 2.16 bits per heavy atom. The molecule has 2 nitrogen and oxygen atoms in total. The Balaban J connectivity index is 1.44. The van der Waals surface area contributed by atoms with Crippen molar-refractivity contribution in [3.63, 3.8) is 0 Å². The van der Waals surface area contributed by atoms with Gasteiger partial charge < -0.3 is 9.47 Å². The molecule has 32 heavy (non-hydrogen) atoms. The minimum absolute atomic E-state index is 0.410. The van der Waals surface area contributed by atoms with Crippen molar-refractivity contribution in [3.8, 4) is 5.69 Å². The minimum atomic E-state index is 0.410. The SMILES string of the molecule is C=C/C=C\C1=CN(c2ccc(-n3c4ccccc4c4ccccc43)cc2)C2=CC=CCC12. The fourth-order valence-electron chi connectivity index (χ4n) is 5.01. The van der Waals surface area contributed by atoms with Crippen molar-refractivity contribution >= 4 is 27.5 Å². The second-order valence-corrected chi connectivity index (χ2v) is 8.29. The molecule has 6 rings (SSSR count). The van der Waals surface area contributed by atoms with E-state index in [2.05, 4.69) is 119 Å². The lowest BCUT2D eigenvalue weighted by atomic mass is 9.91. The Hall–Kier alpha value is -4.04. The molecule has 0 spiro atoms. The summed E-state index contributed by atoms with van der Waals surface area (Å²) in [6, 6.07) is 26.2. The van der Waals surface area contributed by atoms with E-state index in [0.717, 1.165) is 6.42 Å². The highest BCUT2D eigenvalue weighted by molar-refractivity contribution is 6.09. The lowest BCUT2D eigenvalue weighted by molar-refractivity contribution is 0.749. The predicted molar refractivity (Wildman–Crippen MR) is 136 cm³/mol. The highest BCUT2D eigenvalue weighted by Gasteiger charge is 2.29. The average molecular weight is 413 g/mol. The highest BCUT2D eigenvalue weighted by atomic mass is 15.2. The molecule has 2 heteroatoms. The molecular weight excluding hydrogens is 388 g/mol. The quantitative estimate of drug-likeness (QED) is 0.312. The summed E-state index contributed by atoms with van der Waals surface area (Å²) < 4.78 is 2.36. The van der Waals surface area contributed by atoms with Gasteiger partial charge in [-0.1, -0.05) is 73.4 Å². The van der Waals surface area contributed by atoms with Crippen LogP contribution in [0.3, 0.4) is 0 Å². The van der Waals surface area contributed by atoms with E-state index in [4.69, 9.17) is 0 Å². The molecule has 1 atom stereocenters. The second kappa shape index (κ2) is 7.58. The van der Waals surface area contributed by atoms with Crippen molar-refractivity contribution in [1.82, 2.24) is 4.57 Å². The molecule has 1 aliphatic heterocycles. The largest absolute Gasteiger partial charge is 0.320 e. The van der Waals surface area contributed by atoms with Crippen molar-refractivity contribution in [1.29, 1.82) is 0 Å². The van der Waals surface area contributed by atoms with Crippen LogP contribution in [0.25, 0.3) is 27.5 Å². The molecule has 0 fully saturated rings. The first kappa shape index (κ1) is 18.7. The van der Waals surface area contributed by atoms with Crippen LogP contribution >= 0.6 is 0 Å². The molecule has 3 aromatic carbocycles. The van der Waals surface area contributed by atoms with E-state index in [1.165, 1.54) is 44.5 Å². The summed E-state index contributed by atoms with van der Waals surface area (Å²) in [6.45, 7) is 3.82. The zero-order valence-corrected chi connectivity index (χ0v) is 17.9. The molecule has 1 aliphatic carbocycles. The van der Waals surface area contributed by atoms with Gasteiger partial charge in [0.25, 0.3) is 0 Å². The van der Waals surface area contributed by atoms with Crippen LogP contribution in [0, 0.1) is 5.92 Å². The van der Waals surface area contributed by atoms with Gasteiger partial charge in [0.1, 0.15) is 0 Å². The molecule has 2 heterocycles. The zero-order chi connectivity index (χ0) is 21.5. The van der Waals surface area contributed by atoms with Gasteiger partial charge in [-0.3, -0.25) is 0 Å². The summed E-state index contributed by atoms with van der Waals surface area (Å²) in [5.74, 6) is 0.410. The first-order valence-electron chi connectivity index (χ1n) is 11.1. The number of allylic oxidation sites excluding steroid dienone is 7. The third-order valence-corrected chi connectivity index (χ3v) is 6.48. The summed E-state index contributed by atoms with van der Waals surface area (Å²) in [6.07, 6.45) is 16.0. The third kappa shape index (κ3) is 2.88. The van der Waals surface area contributed by atoms with Gasteiger partial charge >= 0.3 is 0 Å². The van der Waals surface area contributed by atoms with Crippen molar-refractivity contribution in [3.05, 3.63) is 133 Å². The van der Waals surface area contributed by atoms with Crippen molar-refractivity contribution in [2.75, 3.05) is 4.90 Å². The summed E-state index contributed by atoms with van der Waals surface area (Å²) in [5, 5.41) is 2.57. The Morgan fingerprint density at radius 1 is 0.812 bits per heavy atom. The molecule has 1 aromatic heterocycles. The van der Waals surface area contributed by atoms with Crippen LogP contribution in [0.5, 0.6) is 0 Å². The molecule has 0 radical (unpaired) electrons. The zero-order valence-electron chi connectivity index (χ0n) is 17.9. The number of para-hydroxylation sites is 2. The van der Waals surface area contributed by atoms with E-state index >= 15 is 0 Å². The normalized spacial score (nSPS) is 17.8. The predicted octanol–water partition coefficient (Wildman–Crippen LogP) is 7.69. The molecule has 1 unspecified atom stereocenters. The van der Waals surface area contributed by atoms with Gasteiger partial charge in [0, 0.05) is 40.0 Å². The second-order valence-electron chi connectivity index (χ2n) is 8.29. The summed E-state index contributed by atoms with van der Waals surface area (Å²) in [4.78, 5) is 2.33. The van der Waals surface area contributed by atoms with Crippen molar-refractivity contribution in [2.45, 2.75) is 6.42 Å². The standard InChI is InChI=1S/C30H24N2/c1-2-3-10-22-21-31(28-14-7-4-11-25(22)28)23-17-19-24(20-18-23)32-29-15-8-5-12-26(29)27-13-6-9-16-30(27)32/h2-10,12-21,25H,1,11H2/b10-3-. The smallest absolute Gasteiger partial charge is 0.0541 e. The molecule has 0 bridgehead atoms. The molecular formula is C30H24N2. The van der Waals surface area contributed by atoms with Gasteiger partial charge in [-0.05, 0) is 54.5 Å². The van der Waals surface area contributed by atoms with Gasteiger partial charge in [-0.2, -0.15) is 0 Å². The molecule has 0 amide bonds. The van der Waals surface area contributed by atoms with Crippen LogP contribution in [-0.4, -0.2) is 4.57 Å².